The highest BCUT2D eigenvalue weighted by Crippen LogP contribution is 2.24. The van der Waals surface area contributed by atoms with Gasteiger partial charge in [0.2, 0.25) is 5.91 Å². The summed E-state index contributed by atoms with van der Waals surface area (Å²) in [6, 6.07) is 12.8. The number of halogens is 3. The van der Waals surface area contributed by atoms with Gasteiger partial charge in [0.1, 0.15) is 12.4 Å². The molecule has 33 heavy (non-hydrogen) atoms. The Kier molecular flexibility index (Phi) is 8.89. The number of nitrogens with zero attached hydrogens (tertiary/aromatic N) is 2. The van der Waals surface area contributed by atoms with E-state index in [1.54, 1.807) is 40.5 Å². The van der Waals surface area contributed by atoms with Crippen LogP contribution in [0.2, 0.25) is 10.0 Å². The normalized spacial score (nSPS) is 10.8. The molecule has 0 bridgehead atoms. The third-order valence-electron chi connectivity index (χ3n) is 5.22. The fourth-order valence-electron chi connectivity index (χ4n) is 3.38. The van der Waals surface area contributed by atoms with Crippen LogP contribution in [0.25, 0.3) is 0 Å². The molecule has 3 rings (SSSR count). The quantitative estimate of drug-likeness (QED) is 0.328. The maximum absolute atomic E-state index is 13.4. The molecule has 1 aromatic heterocycles. The topological polar surface area (TPSA) is 40.6 Å². The van der Waals surface area contributed by atoms with Crippen LogP contribution >= 0.6 is 34.5 Å². The number of thiophene rings is 1. The molecule has 0 spiro atoms. The van der Waals surface area contributed by atoms with Crippen LogP contribution in [0.3, 0.4) is 0 Å². The molecule has 0 aliphatic carbocycles. The molecular weight excluding hydrogens is 482 g/mol. The van der Waals surface area contributed by atoms with Gasteiger partial charge in [-0.3, -0.25) is 9.59 Å². The Bertz CT molecular complexity index is 1120. The first kappa shape index (κ1) is 25.2. The average Bonchev–Trinajstić information content (AvgIpc) is 3.20. The van der Waals surface area contributed by atoms with Crippen molar-refractivity contribution in [1.82, 2.24) is 9.80 Å². The van der Waals surface area contributed by atoms with Crippen LogP contribution < -0.4 is 0 Å². The van der Waals surface area contributed by atoms with Gasteiger partial charge in [-0.25, -0.2) is 4.39 Å². The minimum atomic E-state index is -0.327. The van der Waals surface area contributed by atoms with Gasteiger partial charge in [0.15, 0.2) is 0 Å². The first-order chi connectivity index (χ1) is 15.8. The average molecular weight is 507 g/mol. The molecule has 8 heteroatoms. The Morgan fingerprint density at radius 1 is 0.970 bits per heavy atom. The van der Waals surface area contributed by atoms with Crippen LogP contribution in [0.15, 0.2) is 53.9 Å². The number of hydrogen-bond donors (Lipinski definition) is 0. The number of carbonyl (C=O) groups is 2. The molecule has 0 N–H and O–H groups in total. The van der Waals surface area contributed by atoms with E-state index in [4.69, 9.17) is 23.2 Å². The highest BCUT2D eigenvalue weighted by atomic mass is 35.5. The Balaban J connectivity index is 1.82. The summed E-state index contributed by atoms with van der Waals surface area (Å²) in [5, 5.41) is 2.64. The Labute approximate surface area is 207 Å². The molecule has 0 fully saturated rings. The minimum absolute atomic E-state index is 0.0709. The second-order valence-corrected chi connectivity index (χ2v) is 9.57. The van der Waals surface area contributed by atoms with Gasteiger partial charge in [-0.1, -0.05) is 42.3 Å². The fourth-order valence-corrected chi connectivity index (χ4v) is 4.60. The molecule has 0 aliphatic rings. The summed E-state index contributed by atoms with van der Waals surface area (Å²) in [6.07, 6.45) is 0.697. The SMILES string of the molecule is CCCN(CC(=O)N(Cc1ccc(F)cc1)Cc1sccc1C)C(=O)c1ccc(Cl)c(Cl)c1. The van der Waals surface area contributed by atoms with Gasteiger partial charge in [-0.05, 0) is 66.2 Å². The number of benzene rings is 2. The Morgan fingerprint density at radius 3 is 2.30 bits per heavy atom. The molecule has 0 atom stereocenters. The van der Waals surface area contributed by atoms with E-state index in [0.717, 1.165) is 16.0 Å². The summed E-state index contributed by atoms with van der Waals surface area (Å²) in [5.74, 6) is -0.793. The molecule has 0 saturated heterocycles. The number of hydrogen-bond acceptors (Lipinski definition) is 3. The standard InChI is InChI=1S/C25H25Cl2FN2O2S/c1-3-11-29(25(32)19-6-9-21(26)22(27)13-19)16-24(31)30(15-23-17(2)10-12-33-23)14-18-4-7-20(28)8-5-18/h4-10,12-13H,3,11,14-16H2,1-2H3. The zero-order valence-electron chi connectivity index (χ0n) is 18.5. The largest absolute Gasteiger partial charge is 0.332 e. The number of amides is 2. The van der Waals surface area contributed by atoms with Gasteiger partial charge in [0, 0.05) is 23.5 Å². The smallest absolute Gasteiger partial charge is 0.254 e. The van der Waals surface area contributed by atoms with Crippen LogP contribution in [0, 0.1) is 12.7 Å². The lowest BCUT2D eigenvalue weighted by molar-refractivity contribution is -0.133. The minimum Gasteiger partial charge on any atom is -0.332 e. The summed E-state index contributed by atoms with van der Waals surface area (Å²) in [6.45, 7) is 5.04. The molecule has 4 nitrogen and oxygen atoms in total. The maximum Gasteiger partial charge on any atom is 0.254 e. The second kappa shape index (κ2) is 11.6. The summed E-state index contributed by atoms with van der Waals surface area (Å²) >= 11 is 13.6. The lowest BCUT2D eigenvalue weighted by atomic mass is 10.1. The maximum atomic E-state index is 13.4. The van der Waals surface area contributed by atoms with Gasteiger partial charge < -0.3 is 9.80 Å². The highest BCUT2D eigenvalue weighted by molar-refractivity contribution is 7.10. The number of rotatable bonds is 9. The van der Waals surface area contributed by atoms with E-state index >= 15 is 0 Å². The third-order valence-corrected chi connectivity index (χ3v) is 6.96. The molecule has 1 heterocycles. The van der Waals surface area contributed by atoms with Crippen molar-refractivity contribution >= 4 is 46.4 Å². The monoisotopic (exact) mass is 506 g/mol. The van der Waals surface area contributed by atoms with Gasteiger partial charge in [-0.2, -0.15) is 0 Å². The molecule has 2 amide bonds. The predicted octanol–water partition coefficient (Wildman–Crippen LogP) is 6.58. The molecular formula is C25H25Cl2FN2O2S. The van der Waals surface area contributed by atoms with Crippen molar-refractivity contribution in [2.24, 2.45) is 0 Å². The van der Waals surface area contributed by atoms with Crippen molar-refractivity contribution in [2.45, 2.75) is 33.4 Å². The van der Waals surface area contributed by atoms with Crippen LogP contribution in [-0.4, -0.2) is 34.7 Å². The molecule has 0 aliphatic heterocycles. The van der Waals surface area contributed by atoms with Crippen LogP contribution in [0.4, 0.5) is 4.39 Å². The lowest BCUT2D eigenvalue weighted by Gasteiger charge is -2.28. The summed E-state index contributed by atoms with van der Waals surface area (Å²) in [4.78, 5) is 30.9. The predicted molar refractivity (Wildman–Crippen MR) is 132 cm³/mol. The van der Waals surface area contributed by atoms with E-state index in [2.05, 4.69) is 0 Å². The van der Waals surface area contributed by atoms with E-state index in [9.17, 15) is 14.0 Å². The highest BCUT2D eigenvalue weighted by Gasteiger charge is 2.23. The van der Waals surface area contributed by atoms with Gasteiger partial charge in [0.05, 0.1) is 16.6 Å². The molecule has 0 saturated carbocycles. The van der Waals surface area contributed by atoms with Crippen molar-refractivity contribution in [3.05, 3.63) is 91.3 Å². The zero-order chi connectivity index (χ0) is 24.0. The van der Waals surface area contributed by atoms with Crippen molar-refractivity contribution < 1.29 is 14.0 Å². The summed E-state index contributed by atoms with van der Waals surface area (Å²) in [5.41, 5.74) is 2.30. The molecule has 174 valence electrons. The van der Waals surface area contributed by atoms with Crippen LogP contribution in [-0.2, 0) is 17.9 Å². The fraction of sp³-hybridized carbons (Fsp3) is 0.280. The molecule has 0 radical (unpaired) electrons. The lowest BCUT2D eigenvalue weighted by Crippen LogP contribution is -2.42. The van der Waals surface area contributed by atoms with Crippen molar-refractivity contribution in [3.8, 4) is 0 Å². The van der Waals surface area contributed by atoms with Crippen molar-refractivity contribution in [3.63, 3.8) is 0 Å². The first-order valence-electron chi connectivity index (χ1n) is 10.6. The van der Waals surface area contributed by atoms with E-state index in [1.807, 2.05) is 25.3 Å². The number of carbonyl (C=O) groups excluding carboxylic acids is 2. The van der Waals surface area contributed by atoms with Crippen molar-refractivity contribution in [1.29, 1.82) is 0 Å². The van der Waals surface area contributed by atoms with Gasteiger partial charge >= 0.3 is 0 Å². The Hall–Kier alpha value is -2.41. The molecule has 0 unspecified atom stereocenters. The zero-order valence-corrected chi connectivity index (χ0v) is 20.8. The van der Waals surface area contributed by atoms with Crippen LogP contribution in [0.5, 0.6) is 0 Å². The summed E-state index contributed by atoms with van der Waals surface area (Å²) in [7, 11) is 0. The van der Waals surface area contributed by atoms with E-state index in [1.165, 1.54) is 23.1 Å². The second-order valence-electron chi connectivity index (χ2n) is 7.76. The van der Waals surface area contributed by atoms with E-state index in [0.29, 0.717) is 36.6 Å². The van der Waals surface area contributed by atoms with Crippen LogP contribution in [0.1, 0.15) is 39.7 Å². The Morgan fingerprint density at radius 2 is 1.70 bits per heavy atom. The van der Waals surface area contributed by atoms with E-state index in [-0.39, 0.29) is 29.2 Å². The summed E-state index contributed by atoms with van der Waals surface area (Å²) < 4.78 is 13.4. The molecule has 3 aromatic rings. The first-order valence-corrected chi connectivity index (χ1v) is 12.2. The molecule has 2 aromatic carbocycles. The van der Waals surface area contributed by atoms with Gasteiger partial charge in [-0.15, -0.1) is 11.3 Å². The third kappa shape index (κ3) is 6.79. The number of aryl methyl sites for hydroxylation is 1. The van der Waals surface area contributed by atoms with E-state index < -0.39 is 0 Å². The van der Waals surface area contributed by atoms with Gasteiger partial charge in [0.25, 0.3) is 5.91 Å². The van der Waals surface area contributed by atoms with Crippen molar-refractivity contribution in [2.75, 3.05) is 13.1 Å².